The van der Waals surface area contributed by atoms with Gasteiger partial charge < -0.3 is 27.0 Å². The third-order valence-electron chi connectivity index (χ3n) is 4.71. The number of carbonyl (C=O) groups is 4. The highest BCUT2D eigenvalue weighted by atomic mass is 127. The molecule has 0 aliphatic carbocycles. The van der Waals surface area contributed by atoms with Crippen LogP contribution in [0.2, 0.25) is 0 Å². The van der Waals surface area contributed by atoms with E-state index in [1.165, 1.54) is 7.05 Å². The maximum Gasteiger partial charge on any atom is 0.315 e. The number of halogens is 1. The molecule has 1 aromatic rings. The van der Waals surface area contributed by atoms with E-state index >= 15 is 0 Å². The number of primary amides is 1. The van der Waals surface area contributed by atoms with Crippen molar-refractivity contribution < 1.29 is 19.2 Å². The summed E-state index contributed by atoms with van der Waals surface area (Å²) in [5.41, 5.74) is 6.13. The number of nitrogens with two attached hydrogens (primary N) is 1. The smallest absolute Gasteiger partial charge is 0.315 e. The number of thiol groups is 1. The van der Waals surface area contributed by atoms with Gasteiger partial charge >= 0.3 is 6.03 Å². The molecule has 0 saturated carbocycles. The van der Waals surface area contributed by atoms with Crippen molar-refractivity contribution in [1.82, 2.24) is 21.3 Å². The Labute approximate surface area is 208 Å². The summed E-state index contributed by atoms with van der Waals surface area (Å²) in [5.74, 6) is -1.41. The van der Waals surface area contributed by atoms with Crippen molar-refractivity contribution in [3.05, 3.63) is 33.4 Å². The highest BCUT2D eigenvalue weighted by molar-refractivity contribution is 14.1. The van der Waals surface area contributed by atoms with Crippen molar-refractivity contribution in [2.75, 3.05) is 12.8 Å². The summed E-state index contributed by atoms with van der Waals surface area (Å²) in [6.45, 7) is 4.03. The third-order valence-corrected chi connectivity index (χ3v) is 5.79. The number of benzene rings is 1. The summed E-state index contributed by atoms with van der Waals surface area (Å²) in [5, 5.41) is 10.3. The Hall–Kier alpha value is -2.02. The van der Waals surface area contributed by atoms with Crippen LogP contribution >= 0.6 is 35.2 Å². The minimum atomic E-state index is -0.975. The average Bonchev–Trinajstić information content (AvgIpc) is 2.74. The van der Waals surface area contributed by atoms with Crippen molar-refractivity contribution in [2.24, 2.45) is 11.7 Å². The summed E-state index contributed by atoms with van der Waals surface area (Å²) >= 11 is 6.22. The van der Waals surface area contributed by atoms with Gasteiger partial charge in [-0.15, -0.1) is 0 Å². The van der Waals surface area contributed by atoms with Crippen LogP contribution in [0.4, 0.5) is 4.79 Å². The van der Waals surface area contributed by atoms with Crippen LogP contribution in [-0.2, 0) is 20.8 Å². The van der Waals surface area contributed by atoms with E-state index in [1.807, 2.05) is 38.1 Å². The highest BCUT2D eigenvalue weighted by Gasteiger charge is 2.29. The minimum absolute atomic E-state index is 0.0283. The standard InChI is InChI=1S/C21H32IN5O4S/c1-12(2)4-9-15(27-21(31)24-3)19(29)25-16(10-13-5-7-14(22)8-6-13)20(30)26-17(11-32)18(23)28/h5-8,12,15-17,32H,4,9-11H2,1-3H3,(H2,23,28)(H,25,29)(H,26,30)(H2,24,27,31)/t15-,16-,17-/m0/s1. The van der Waals surface area contributed by atoms with E-state index < -0.39 is 41.9 Å². The lowest BCUT2D eigenvalue weighted by Crippen LogP contribution is -2.57. The predicted octanol–water partition coefficient (Wildman–Crippen LogP) is 0.952. The zero-order chi connectivity index (χ0) is 24.3. The Kier molecular flexibility index (Phi) is 12.4. The third kappa shape index (κ3) is 10.1. The molecular formula is C21H32IN5O4S. The van der Waals surface area contributed by atoms with E-state index in [2.05, 4.69) is 56.5 Å². The van der Waals surface area contributed by atoms with Crippen LogP contribution in [0.25, 0.3) is 0 Å². The van der Waals surface area contributed by atoms with E-state index in [9.17, 15) is 19.2 Å². The van der Waals surface area contributed by atoms with Gasteiger partial charge in [0.05, 0.1) is 0 Å². The lowest BCUT2D eigenvalue weighted by Gasteiger charge is -2.25. The molecule has 5 amide bonds. The second-order valence-electron chi connectivity index (χ2n) is 7.79. The summed E-state index contributed by atoms with van der Waals surface area (Å²) in [7, 11) is 1.46. The molecule has 0 radical (unpaired) electrons. The van der Waals surface area contributed by atoms with Gasteiger partial charge in [-0.2, -0.15) is 12.6 Å². The Balaban J connectivity index is 3.07. The lowest BCUT2D eigenvalue weighted by molar-refractivity contribution is -0.131. The van der Waals surface area contributed by atoms with Crippen LogP contribution in [0.1, 0.15) is 32.3 Å². The Bertz CT molecular complexity index is 791. The van der Waals surface area contributed by atoms with Crippen LogP contribution in [-0.4, -0.2) is 54.7 Å². The predicted molar refractivity (Wildman–Crippen MR) is 135 cm³/mol. The number of hydrogen-bond donors (Lipinski definition) is 6. The molecule has 0 aliphatic heterocycles. The monoisotopic (exact) mass is 577 g/mol. The number of hydrogen-bond acceptors (Lipinski definition) is 5. The lowest BCUT2D eigenvalue weighted by atomic mass is 10.0. The van der Waals surface area contributed by atoms with E-state index in [4.69, 9.17) is 5.73 Å². The van der Waals surface area contributed by atoms with Crippen molar-refractivity contribution in [2.45, 2.75) is 51.2 Å². The summed E-state index contributed by atoms with van der Waals surface area (Å²) in [6.07, 6.45) is 1.32. The van der Waals surface area contributed by atoms with Crippen molar-refractivity contribution in [3.63, 3.8) is 0 Å². The Morgan fingerprint density at radius 1 is 0.938 bits per heavy atom. The number of urea groups is 1. The molecule has 9 nitrogen and oxygen atoms in total. The molecule has 0 fully saturated rings. The van der Waals surface area contributed by atoms with Crippen molar-refractivity contribution in [1.29, 1.82) is 0 Å². The normalized spacial score (nSPS) is 13.6. The van der Waals surface area contributed by atoms with Crippen molar-refractivity contribution in [3.8, 4) is 0 Å². The zero-order valence-electron chi connectivity index (χ0n) is 18.5. The van der Waals surface area contributed by atoms with Gasteiger partial charge in [0.2, 0.25) is 17.7 Å². The molecule has 0 unspecified atom stereocenters. The Morgan fingerprint density at radius 3 is 2.00 bits per heavy atom. The fourth-order valence-corrected chi connectivity index (χ4v) is 3.45. The van der Waals surface area contributed by atoms with Crippen LogP contribution in [0.3, 0.4) is 0 Å². The van der Waals surface area contributed by atoms with E-state index in [1.54, 1.807) is 0 Å². The first-order chi connectivity index (χ1) is 15.1. The van der Waals surface area contributed by atoms with E-state index in [-0.39, 0.29) is 12.2 Å². The molecule has 178 valence electrons. The molecule has 6 N–H and O–H groups in total. The number of rotatable bonds is 12. The number of amides is 5. The van der Waals surface area contributed by atoms with E-state index in [0.29, 0.717) is 18.8 Å². The highest BCUT2D eigenvalue weighted by Crippen LogP contribution is 2.11. The van der Waals surface area contributed by atoms with Crippen LogP contribution in [0.15, 0.2) is 24.3 Å². The first kappa shape index (κ1) is 28.0. The van der Waals surface area contributed by atoms with Crippen molar-refractivity contribution >= 4 is 59.0 Å². The maximum absolute atomic E-state index is 13.0. The fourth-order valence-electron chi connectivity index (χ4n) is 2.82. The molecule has 1 rings (SSSR count). The summed E-state index contributed by atoms with van der Waals surface area (Å²) < 4.78 is 1.03. The van der Waals surface area contributed by atoms with Gasteiger partial charge in [-0.1, -0.05) is 26.0 Å². The second-order valence-corrected chi connectivity index (χ2v) is 9.40. The summed E-state index contributed by atoms with van der Waals surface area (Å²) in [4.78, 5) is 49.3. The van der Waals surface area contributed by atoms with Crippen LogP contribution in [0, 0.1) is 9.49 Å². The molecule has 32 heavy (non-hydrogen) atoms. The quantitative estimate of drug-likeness (QED) is 0.163. The molecule has 11 heteroatoms. The molecule has 0 heterocycles. The largest absolute Gasteiger partial charge is 0.368 e. The molecule has 0 saturated heterocycles. The van der Waals surface area contributed by atoms with Gasteiger partial charge in [0.1, 0.15) is 18.1 Å². The number of carbonyl (C=O) groups excluding carboxylic acids is 4. The second kappa shape index (κ2) is 14.2. The van der Waals surface area contributed by atoms with E-state index in [0.717, 1.165) is 9.13 Å². The molecule has 3 atom stereocenters. The van der Waals surface area contributed by atoms with Gasteiger partial charge in [-0.3, -0.25) is 14.4 Å². The van der Waals surface area contributed by atoms with Gasteiger partial charge in [0.25, 0.3) is 0 Å². The zero-order valence-corrected chi connectivity index (χ0v) is 21.5. The molecule has 0 spiro atoms. The molecular weight excluding hydrogens is 545 g/mol. The maximum atomic E-state index is 13.0. The molecule has 1 aromatic carbocycles. The van der Waals surface area contributed by atoms with Gasteiger partial charge in [0.15, 0.2) is 0 Å². The SMILES string of the molecule is CNC(=O)N[C@@H](CCC(C)C)C(=O)N[C@@H](Cc1ccc(I)cc1)C(=O)N[C@@H](CS)C(N)=O. The van der Waals surface area contributed by atoms with Gasteiger partial charge in [0, 0.05) is 22.8 Å². The number of nitrogens with one attached hydrogen (secondary N) is 4. The van der Waals surface area contributed by atoms with Crippen LogP contribution < -0.4 is 27.0 Å². The van der Waals surface area contributed by atoms with Gasteiger partial charge in [-0.05, 0) is 59.0 Å². The minimum Gasteiger partial charge on any atom is -0.368 e. The first-order valence-corrected chi connectivity index (χ1v) is 12.0. The molecule has 0 aromatic heterocycles. The topological polar surface area (TPSA) is 142 Å². The Morgan fingerprint density at radius 2 is 1.50 bits per heavy atom. The average molecular weight is 577 g/mol. The molecule has 0 bridgehead atoms. The van der Waals surface area contributed by atoms with Gasteiger partial charge in [-0.25, -0.2) is 4.79 Å². The summed E-state index contributed by atoms with van der Waals surface area (Å²) in [6, 6.07) is 4.25. The first-order valence-electron chi connectivity index (χ1n) is 10.3. The fraction of sp³-hybridized carbons (Fsp3) is 0.524. The van der Waals surface area contributed by atoms with Crippen LogP contribution in [0.5, 0.6) is 0 Å². The molecule has 0 aliphatic rings.